The van der Waals surface area contributed by atoms with Crippen molar-refractivity contribution in [2.24, 2.45) is 0 Å². The molecule has 0 fully saturated rings. The van der Waals surface area contributed by atoms with Crippen molar-refractivity contribution in [1.29, 1.82) is 0 Å². The molecule has 0 aliphatic carbocycles. The topological polar surface area (TPSA) is 83.5 Å². The van der Waals surface area contributed by atoms with E-state index in [1.807, 2.05) is 0 Å². The van der Waals surface area contributed by atoms with E-state index in [2.05, 4.69) is 5.32 Å². The second kappa shape index (κ2) is 4.17. The third-order valence-corrected chi connectivity index (χ3v) is 2.00. The van der Waals surface area contributed by atoms with Crippen LogP contribution in [0.15, 0.2) is 0 Å². The highest BCUT2D eigenvalue weighted by molar-refractivity contribution is 7.90. The van der Waals surface area contributed by atoms with E-state index in [1.54, 1.807) is 0 Å². The maximum absolute atomic E-state index is 10.5. The van der Waals surface area contributed by atoms with Crippen molar-refractivity contribution in [1.82, 2.24) is 5.32 Å². The van der Waals surface area contributed by atoms with Crippen LogP contribution in [0.2, 0.25) is 0 Å². The first-order valence-corrected chi connectivity index (χ1v) is 5.12. The number of hydrogen-bond acceptors (Lipinski definition) is 3. The summed E-state index contributed by atoms with van der Waals surface area (Å²) in [5.41, 5.74) is 0. The Morgan fingerprint density at radius 3 is 2.45 bits per heavy atom. The van der Waals surface area contributed by atoms with Gasteiger partial charge in [0, 0.05) is 12.8 Å². The minimum absolute atomic E-state index is 0.0211. The third kappa shape index (κ3) is 9.22. The number of rotatable bonds is 4. The number of nitrogens with one attached hydrogen (secondary N) is 1. The highest BCUT2D eigenvalue weighted by Gasteiger charge is 2.01. The first-order chi connectivity index (χ1) is 4.92. The number of amides is 1. The summed E-state index contributed by atoms with van der Waals surface area (Å²) in [6, 6.07) is 0. The smallest absolute Gasteiger partial charge is 0.404 e. The lowest BCUT2D eigenvalue weighted by Gasteiger charge is -1.98. The molecule has 0 radical (unpaired) electrons. The van der Waals surface area contributed by atoms with Gasteiger partial charge in [0.2, 0.25) is 0 Å². The molecule has 11 heavy (non-hydrogen) atoms. The summed E-state index contributed by atoms with van der Waals surface area (Å²) >= 11 is 0. The van der Waals surface area contributed by atoms with Gasteiger partial charge in [0.05, 0.1) is 5.75 Å². The van der Waals surface area contributed by atoms with Crippen molar-refractivity contribution in [2.45, 2.75) is 6.42 Å². The molecule has 66 valence electrons. The zero-order valence-electron chi connectivity index (χ0n) is 6.20. The van der Waals surface area contributed by atoms with Crippen LogP contribution >= 0.6 is 0 Å². The van der Waals surface area contributed by atoms with Gasteiger partial charge in [-0.2, -0.15) is 0 Å². The van der Waals surface area contributed by atoms with Gasteiger partial charge in [-0.25, -0.2) is 13.2 Å². The van der Waals surface area contributed by atoms with Crippen molar-refractivity contribution in [3.05, 3.63) is 0 Å². The Hall–Kier alpha value is -0.780. The molecule has 0 bridgehead atoms. The summed E-state index contributed by atoms with van der Waals surface area (Å²) in [5, 5.41) is 10.2. The van der Waals surface area contributed by atoms with Crippen molar-refractivity contribution in [3.63, 3.8) is 0 Å². The summed E-state index contributed by atoms with van der Waals surface area (Å²) in [4.78, 5) is 9.86. The van der Waals surface area contributed by atoms with Crippen LogP contribution in [-0.4, -0.2) is 38.2 Å². The zero-order chi connectivity index (χ0) is 8.91. The average Bonchev–Trinajstić information content (AvgIpc) is 1.78. The van der Waals surface area contributed by atoms with Crippen LogP contribution in [0.25, 0.3) is 0 Å². The molecule has 0 rings (SSSR count). The molecule has 2 N–H and O–H groups in total. The molecule has 0 saturated heterocycles. The van der Waals surface area contributed by atoms with E-state index >= 15 is 0 Å². The zero-order valence-corrected chi connectivity index (χ0v) is 7.02. The predicted molar refractivity (Wildman–Crippen MR) is 40.4 cm³/mol. The monoisotopic (exact) mass is 181 g/mol. The van der Waals surface area contributed by atoms with E-state index in [0.29, 0.717) is 6.42 Å². The van der Waals surface area contributed by atoms with Crippen molar-refractivity contribution in [3.8, 4) is 0 Å². The lowest BCUT2D eigenvalue weighted by molar-refractivity contribution is 0.194. The molecule has 0 aromatic carbocycles. The summed E-state index contributed by atoms with van der Waals surface area (Å²) < 4.78 is 21.0. The van der Waals surface area contributed by atoms with Gasteiger partial charge >= 0.3 is 6.09 Å². The number of carbonyl (C=O) groups is 1. The van der Waals surface area contributed by atoms with Gasteiger partial charge in [0.1, 0.15) is 9.84 Å². The third-order valence-electron chi connectivity index (χ3n) is 0.968. The van der Waals surface area contributed by atoms with E-state index in [4.69, 9.17) is 5.11 Å². The Kier molecular flexibility index (Phi) is 3.88. The van der Waals surface area contributed by atoms with Crippen LogP contribution in [0.1, 0.15) is 6.42 Å². The molecule has 0 aromatic rings. The second-order valence-corrected chi connectivity index (χ2v) is 4.48. The largest absolute Gasteiger partial charge is 0.465 e. The SMILES string of the molecule is CS(=O)(=O)CCCNC(=O)O. The second-order valence-electron chi connectivity index (χ2n) is 2.22. The molecular formula is C5H11NO4S. The van der Waals surface area contributed by atoms with E-state index in [-0.39, 0.29) is 12.3 Å². The van der Waals surface area contributed by atoms with Gasteiger partial charge in [-0.05, 0) is 6.42 Å². The summed E-state index contributed by atoms with van der Waals surface area (Å²) in [7, 11) is -2.95. The quantitative estimate of drug-likeness (QED) is 0.583. The molecule has 0 aromatic heterocycles. The van der Waals surface area contributed by atoms with Crippen molar-refractivity contribution in [2.75, 3.05) is 18.6 Å². The van der Waals surface area contributed by atoms with Crippen LogP contribution in [0.5, 0.6) is 0 Å². The van der Waals surface area contributed by atoms with Gasteiger partial charge in [0.15, 0.2) is 0 Å². The fourth-order valence-electron chi connectivity index (χ4n) is 0.530. The lowest BCUT2D eigenvalue weighted by Crippen LogP contribution is -2.23. The van der Waals surface area contributed by atoms with Crippen molar-refractivity contribution >= 4 is 15.9 Å². The Morgan fingerprint density at radius 1 is 1.55 bits per heavy atom. The lowest BCUT2D eigenvalue weighted by atomic mass is 10.5. The molecule has 0 aliphatic rings. The first kappa shape index (κ1) is 10.2. The van der Waals surface area contributed by atoms with Crippen LogP contribution in [0.3, 0.4) is 0 Å². The van der Waals surface area contributed by atoms with Gasteiger partial charge in [-0.1, -0.05) is 0 Å². The molecule has 5 nitrogen and oxygen atoms in total. The standard InChI is InChI=1S/C5H11NO4S/c1-11(9,10)4-2-3-6-5(7)8/h6H,2-4H2,1H3,(H,7,8). The highest BCUT2D eigenvalue weighted by atomic mass is 32.2. The van der Waals surface area contributed by atoms with Gasteiger partial charge in [0.25, 0.3) is 0 Å². The van der Waals surface area contributed by atoms with Crippen LogP contribution < -0.4 is 5.32 Å². The number of carboxylic acid groups (broad SMARTS) is 1. The summed E-state index contributed by atoms with van der Waals surface area (Å²) in [6.45, 7) is 0.183. The maximum Gasteiger partial charge on any atom is 0.404 e. The molecule has 0 aliphatic heterocycles. The maximum atomic E-state index is 10.5. The summed E-state index contributed by atoms with van der Waals surface area (Å²) in [6.07, 6.45) is 0.317. The highest BCUT2D eigenvalue weighted by Crippen LogP contribution is 1.86. The Balaban J connectivity index is 3.37. The van der Waals surface area contributed by atoms with Gasteiger partial charge in [-0.3, -0.25) is 0 Å². The first-order valence-electron chi connectivity index (χ1n) is 3.06. The van der Waals surface area contributed by atoms with Gasteiger partial charge < -0.3 is 10.4 Å². The average molecular weight is 181 g/mol. The summed E-state index contributed by atoms with van der Waals surface area (Å²) in [5.74, 6) is 0.0211. The fraction of sp³-hybridized carbons (Fsp3) is 0.800. The van der Waals surface area contributed by atoms with Crippen molar-refractivity contribution < 1.29 is 18.3 Å². The van der Waals surface area contributed by atoms with Crippen LogP contribution in [0, 0.1) is 0 Å². The molecule has 0 spiro atoms. The molecule has 0 saturated carbocycles. The minimum atomic E-state index is -2.95. The molecule has 0 atom stereocenters. The Bertz CT molecular complexity index is 221. The predicted octanol–water partition coefficient (Wildman–Crippen LogP) is -0.311. The van der Waals surface area contributed by atoms with E-state index in [0.717, 1.165) is 6.26 Å². The van der Waals surface area contributed by atoms with Gasteiger partial charge in [-0.15, -0.1) is 0 Å². The molecular weight excluding hydrogens is 170 g/mol. The van der Waals surface area contributed by atoms with E-state index in [9.17, 15) is 13.2 Å². The Labute approximate surface area is 65.3 Å². The Morgan fingerprint density at radius 2 is 2.09 bits per heavy atom. The minimum Gasteiger partial charge on any atom is -0.465 e. The fourth-order valence-corrected chi connectivity index (χ4v) is 1.20. The van der Waals surface area contributed by atoms with Crippen LogP contribution in [-0.2, 0) is 9.84 Å². The normalized spacial score (nSPS) is 11.0. The van der Waals surface area contributed by atoms with Crippen LogP contribution in [0.4, 0.5) is 4.79 Å². The number of sulfone groups is 1. The molecule has 0 unspecified atom stereocenters. The molecule has 6 heteroatoms. The van der Waals surface area contributed by atoms with E-state index in [1.165, 1.54) is 0 Å². The molecule has 0 heterocycles. The molecule has 1 amide bonds. The van der Waals surface area contributed by atoms with E-state index < -0.39 is 15.9 Å². The number of hydrogen-bond donors (Lipinski definition) is 2.